The Balaban J connectivity index is 2.19. The van der Waals surface area contributed by atoms with Crippen molar-refractivity contribution in [3.8, 4) is 0 Å². The van der Waals surface area contributed by atoms with Gasteiger partial charge in [0.15, 0.2) is 0 Å². The minimum atomic E-state index is -0.361. The van der Waals surface area contributed by atoms with E-state index < -0.39 is 0 Å². The molecule has 1 aromatic carbocycles. The molecule has 94 valence electrons. The van der Waals surface area contributed by atoms with Crippen LogP contribution >= 0.6 is 0 Å². The van der Waals surface area contributed by atoms with Crippen molar-refractivity contribution < 1.29 is 4.39 Å². The standard InChI is InChI=1S/C15H17FN2/c1-10-6-7-12(18-9-10)8-14(17)13-5-3-4-11(2)15(13)16/h3-7,9,14H,8,17H2,1-2H3. The van der Waals surface area contributed by atoms with E-state index >= 15 is 0 Å². The molecule has 0 saturated carbocycles. The lowest BCUT2D eigenvalue weighted by Crippen LogP contribution is -2.16. The first-order valence-electron chi connectivity index (χ1n) is 6.00. The Morgan fingerprint density at radius 2 is 2.00 bits per heavy atom. The number of aryl methyl sites for hydroxylation is 2. The first-order chi connectivity index (χ1) is 8.58. The Morgan fingerprint density at radius 3 is 2.67 bits per heavy atom. The van der Waals surface area contributed by atoms with Crippen LogP contribution in [0.4, 0.5) is 4.39 Å². The van der Waals surface area contributed by atoms with E-state index in [4.69, 9.17) is 5.73 Å². The SMILES string of the molecule is Cc1ccc(CC(N)c2cccc(C)c2F)nc1. The molecule has 1 aromatic heterocycles. The highest BCUT2D eigenvalue weighted by molar-refractivity contribution is 5.28. The van der Waals surface area contributed by atoms with Gasteiger partial charge in [0.05, 0.1) is 0 Å². The fraction of sp³-hybridized carbons (Fsp3) is 0.267. The van der Waals surface area contributed by atoms with E-state index in [0.717, 1.165) is 11.3 Å². The number of benzene rings is 1. The van der Waals surface area contributed by atoms with Gasteiger partial charge in [-0.1, -0.05) is 24.3 Å². The number of hydrogen-bond acceptors (Lipinski definition) is 2. The Morgan fingerprint density at radius 1 is 1.22 bits per heavy atom. The quantitative estimate of drug-likeness (QED) is 0.901. The first kappa shape index (κ1) is 12.7. The van der Waals surface area contributed by atoms with Gasteiger partial charge >= 0.3 is 0 Å². The van der Waals surface area contributed by atoms with Crippen molar-refractivity contribution in [2.24, 2.45) is 5.73 Å². The number of rotatable bonds is 3. The van der Waals surface area contributed by atoms with Crippen molar-refractivity contribution in [1.29, 1.82) is 0 Å². The number of pyridine rings is 1. The Bertz CT molecular complexity index is 535. The van der Waals surface area contributed by atoms with Gasteiger partial charge in [-0.3, -0.25) is 4.98 Å². The van der Waals surface area contributed by atoms with Crippen LogP contribution in [0, 0.1) is 19.7 Å². The molecule has 1 heterocycles. The largest absolute Gasteiger partial charge is 0.324 e. The van der Waals surface area contributed by atoms with Crippen LogP contribution in [0.2, 0.25) is 0 Å². The maximum atomic E-state index is 13.9. The summed E-state index contributed by atoms with van der Waals surface area (Å²) in [6.07, 6.45) is 2.34. The molecule has 2 nitrogen and oxygen atoms in total. The second-order valence-electron chi connectivity index (χ2n) is 4.62. The van der Waals surface area contributed by atoms with Gasteiger partial charge in [-0.05, 0) is 31.0 Å². The lowest BCUT2D eigenvalue weighted by Gasteiger charge is -2.13. The second kappa shape index (κ2) is 5.27. The molecular formula is C15H17FN2. The van der Waals surface area contributed by atoms with Crippen LogP contribution in [0.5, 0.6) is 0 Å². The Kier molecular flexibility index (Phi) is 3.72. The Labute approximate surface area is 107 Å². The van der Waals surface area contributed by atoms with E-state index in [0.29, 0.717) is 17.5 Å². The predicted molar refractivity (Wildman–Crippen MR) is 70.7 cm³/mol. The maximum Gasteiger partial charge on any atom is 0.130 e. The van der Waals surface area contributed by atoms with Crippen LogP contribution in [-0.4, -0.2) is 4.98 Å². The molecule has 2 rings (SSSR count). The zero-order valence-corrected chi connectivity index (χ0v) is 10.7. The van der Waals surface area contributed by atoms with Crippen molar-refractivity contribution in [3.63, 3.8) is 0 Å². The van der Waals surface area contributed by atoms with Gasteiger partial charge in [0.1, 0.15) is 5.82 Å². The molecule has 1 atom stereocenters. The normalized spacial score (nSPS) is 12.4. The highest BCUT2D eigenvalue weighted by Gasteiger charge is 2.13. The van der Waals surface area contributed by atoms with Crippen molar-refractivity contribution in [2.45, 2.75) is 26.3 Å². The number of hydrogen-bond donors (Lipinski definition) is 1. The van der Waals surface area contributed by atoms with Gasteiger partial charge in [0, 0.05) is 29.9 Å². The van der Waals surface area contributed by atoms with Crippen LogP contribution in [0.15, 0.2) is 36.5 Å². The summed E-state index contributed by atoms with van der Waals surface area (Å²) in [7, 11) is 0. The van der Waals surface area contributed by atoms with Crippen molar-refractivity contribution >= 4 is 0 Å². The summed E-state index contributed by atoms with van der Waals surface area (Å²) in [5.74, 6) is -0.211. The second-order valence-corrected chi connectivity index (χ2v) is 4.62. The van der Waals surface area contributed by atoms with Gasteiger partial charge in [-0.25, -0.2) is 4.39 Å². The van der Waals surface area contributed by atoms with E-state index in [-0.39, 0.29) is 11.9 Å². The van der Waals surface area contributed by atoms with Gasteiger partial charge in [0.2, 0.25) is 0 Å². The van der Waals surface area contributed by atoms with E-state index in [1.54, 1.807) is 25.3 Å². The molecule has 0 amide bonds. The molecule has 2 N–H and O–H groups in total. The van der Waals surface area contributed by atoms with Gasteiger partial charge in [-0.15, -0.1) is 0 Å². The van der Waals surface area contributed by atoms with Gasteiger partial charge in [-0.2, -0.15) is 0 Å². The summed E-state index contributed by atoms with van der Waals surface area (Å²) in [6, 6.07) is 8.87. The lowest BCUT2D eigenvalue weighted by atomic mass is 10.00. The molecule has 3 heteroatoms. The minimum Gasteiger partial charge on any atom is -0.324 e. The van der Waals surface area contributed by atoms with Crippen LogP contribution in [0.25, 0.3) is 0 Å². The third kappa shape index (κ3) is 2.74. The van der Waals surface area contributed by atoms with Crippen LogP contribution < -0.4 is 5.73 Å². The fourth-order valence-electron chi connectivity index (χ4n) is 1.91. The molecule has 0 bridgehead atoms. The average molecular weight is 244 g/mol. The van der Waals surface area contributed by atoms with Gasteiger partial charge < -0.3 is 5.73 Å². The summed E-state index contributed by atoms with van der Waals surface area (Å²) in [4.78, 5) is 4.29. The predicted octanol–water partition coefficient (Wildman–Crippen LogP) is 3.08. The first-order valence-corrected chi connectivity index (χ1v) is 6.00. The number of nitrogens with zero attached hydrogens (tertiary/aromatic N) is 1. The van der Waals surface area contributed by atoms with Crippen molar-refractivity contribution in [2.75, 3.05) is 0 Å². The molecule has 0 fully saturated rings. The summed E-state index contributed by atoms with van der Waals surface area (Å²) < 4.78 is 13.9. The molecule has 18 heavy (non-hydrogen) atoms. The molecule has 0 aliphatic heterocycles. The van der Waals surface area contributed by atoms with Crippen LogP contribution in [0.1, 0.15) is 28.4 Å². The minimum absolute atomic E-state index is 0.211. The number of halogens is 1. The van der Waals surface area contributed by atoms with E-state index in [1.807, 2.05) is 25.1 Å². The monoisotopic (exact) mass is 244 g/mol. The molecule has 0 aliphatic carbocycles. The summed E-state index contributed by atoms with van der Waals surface area (Å²) >= 11 is 0. The smallest absolute Gasteiger partial charge is 0.130 e. The summed E-state index contributed by atoms with van der Waals surface area (Å²) in [6.45, 7) is 3.73. The third-order valence-corrected chi connectivity index (χ3v) is 3.02. The molecule has 0 radical (unpaired) electrons. The highest BCUT2D eigenvalue weighted by atomic mass is 19.1. The number of aromatic nitrogens is 1. The molecular weight excluding hydrogens is 227 g/mol. The van der Waals surface area contributed by atoms with Gasteiger partial charge in [0.25, 0.3) is 0 Å². The lowest BCUT2D eigenvalue weighted by molar-refractivity contribution is 0.571. The topological polar surface area (TPSA) is 38.9 Å². The van der Waals surface area contributed by atoms with E-state index in [2.05, 4.69) is 4.98 Å². The summed E-state index contributed by atoms with van der Waals surface area (Å²) in [5.41, 5.74) is 9.22. The highest BCUT2D eigenvalue weighted by Crippen LogP contribution is 2.20. The molecule has 2 aromatic rings. The zero-order chi connectivity index (χ0) is 13.1. The Hall–Kier alpha value is -1.74. The number of nitrogens with two attached hydrogens (primary N) is 1. The third-order valence-electron chi connectivity index (χ3n) is 3.02. The fourth-order valence-corrected chi connectivity index (χ4v) is 1.91. The van der Waals surface area contributed by atoms with Crippen molar-refractivity contribution in [3.05, 3.63) is 64.7 Å². The van der Waals surface area contributed by atoms with E-state index in [1.165, 1.54) is 0 Å². The molecule has 0 saturated heterocycles. The van der Waals surface area contributed by atoms with Crippen LogP contribution in [0.3, 0.4) is 0 Å². The molecule has 1 unspecified atom stereocenters. The average Bonchev–Trinajstić information content (AvgIpc) is 2.35. The van der Waals surface area contributed by atoms with E-state index in [9.17, 15) is 4.39 Å². The molecule has 0 spiro atoms. The van der Waals surface area contributed by atoms with Crippen LogP contribution in [-0.2, 0) is 6.42 Å². The maximum absolute atomic E-state index is 13.9. The summed E-state index contributed by atoms with van der Waals surface area (Å²) in [5, 5.41) is 0. The zero-order valence-electron chi connectivity index (χ0n) is 10.7. The van der Waals surface area contributed by atoms with Crippen molar-refractivity contribution in [1.82, 2.24) is 4.98 Å². The molecule has 0 aliphatic rings.